The number of hydrogen-bond donors (Lipinski definition) is 4. The Labute approximate surface area is 137 Å². The fraction of sp³-hybridized carbons (Fsp3) is 0.875. The first-order valence-corrected chi connectivity index (χ1v) is 8.20. The van der Waals surface area contributed by atoms with E-state index in [1.54, 1.807) is 4.90 Å². The van der Waals surface area contributed by atoms with Crippen molar-refractivity contribution in [3.05, 3.63) is 0 Å². The average molecular weight is 327 g/mol. The van der Waals surface area contributed by atoms with E-state index in [9.17, 15) is 15.2 Å². The Hall–Kier alpha value is -1.36. The summed E-state index contributed by atoms with van der Waals surface area (Å²) < 4.78 is 0. The average Bonchev–Trinajstić information content (AvgIpc) is 2.88. The molecule has 1 saturated heterocycles. The summed E-state index contributed by atoms with van der Waals surface area (Å²) in [5.41, 5.74) is -0.0783. The highest BCUT2D eigenvalue weighted by Crippen LogP contribution is 2.34. The topological polar surface area (TPSA) is 117 Å². The molecule has 132 valence electrons. The highest BCUT2D eigenvalue weighted by atomic mass is 16.3. The van der Waals surface area contributed by atoms with E-state index >= 15 is 0 Å². The summed E-state index contributed by atoms with van der Waals surface area (Å²) >= 11 is 0. The van der Waals surface area contributed by atoms with Gasteiger partial charge in [0.2, 0.25) is 5.91 Å². The molecule has 0 radical (unpaired) electrons. The molecule has 1 heterocycles. The van der Waals surface area contributed by atoms with Crippen LogP contribution in [0.3, 0.4) is 0 Å². The Morgan fingerprint density at radius 2 is 2.13 bits per heavy atom. The summed E-state index contributed by atoms with van der Waals surface area (Å²) in [7, 11) is 0. The molecule has 2 unspecified atom stereocenters. The zero-order valence-corrected chi connectivity index (χ0v) is 14.0. The van der Waals surface area contributed by atoms with Gasteiger partial charge in [0.25, 0.3) is 0 Å². The maximum absolute atomic E-state index is 12.2. The zero-order valence-electron chi connectivity index (χ0n) is 14.0. The lowest BCUT2D eigenvalue weighted by Gasteiger charge is -2.31. The van der Waals surface area contributed by atoms with Gasteiger partial charge in [-0.25, -0.2) is 0 Å². The van der Waals surface area contributed by atoms with Crippen LogP contribution >= 0.6 is 0 Å². The van der Waals surface area contributed by atoms with Crippen LogP contribution in [0.2, 0.25) is 0 Å². The Kier molecular flexibility index (Phi) is 7.76. The molecule has 1 amide bonds. The van der Waals surface area contributed by atoms with Crippen LogP contribution < -0.4 is 5.32 Å². The third-order valence-corrected chi connectivity index (χ3v) is 4.48. The largest absolute Gasteiger partial charge is 0.396 e. The monoisotopic (exact) mass is 327 g/mol. The molecule has 1 rings (SSSR count). The molecule has 7 nitrogen and oxygen atoms in total. The quantitative estimate of drug-likeness (QED) is 0.442. The van der Waals surface area contributed by atoms with Gasteiger partial charge in [0.15, 0.2) is 6.19 Å². The van der Waals surface area contributed by atoms with Gasteiger partial charge < -0.3 is 20.6 Å². The summed E-state index contributed by atoms with van der Waals surface area (Å²) in [5, 5.41) is 39.3. The number of rotatable bonds is 9. The van der Waals surface area contributed by atoms with Crippen LogP contribution in [0, 0.1) is 16.9 Å². The molecule has 3 atom stereocenters. The predicted molar refractivity (Wildman–Crippen MR) is 85.1 cm³/mol. The lowest BCUT2D eigenvalue weighted by Crippen LogP contribution is -2.45. The summed E-state index contributed by atoms with van der Waals surface area (Å²) in [6, 6.07) is -0.457. The van der Waals surface area contributed by atoms with E-state index in [0.717, 1.165) is 12.8 Å². The third-order valence-electron chi connectivity index (χ3n) is 4.48. The smallest absolute Gasteiger partial charge is 0.243 e. The maximum Gasteiger partial charge on any atom is 0.243 e. The fourth-order valence-corrected chi connectivity index (χ4v) is 3.11. The third kappa shape index (κ3) is 5.98. The van der Waals surface area contributed by atoms with Crippen molar-refractivity contribution in [2.24, 2.45) is 5.41 Å². The van der Waals surface area contributed by atoms with Crippen LogP contribution in [0.4, 0.5) is 0 Å². The number of carbonyl (C=O) groups is 1. The lowest BCUT2D eigenvalue weighted by atomic mass is 9.82. The Morgan fingerprint density at radius 1 is 1.43 bits per heavy atom. The Balaban J connectivity index is 2.55. The molecule has 0 aromatic rings. The van der Waals surface area contributed by atoms with Gasteiger partial charge in [-0.15, -0.1) is 0 Å². The molecular formula is C16H29N3O4. The molecule has 0 saturated carbocycles. The van der Waals surface area contributed by atoms with Gasteiger partial charge in [0.1, 0.15) is 6.04 Å². The first-order chi connectivity index (χ1) is 10.8. The van der Waals surface area contributed by atoms with E-state index < -0.39 is 12.1 Å². The van der Waals surface area contributed by atoms with Crippen LogP contribution in [0.1, 0.15) is 46.0 Å². The van der Waals surface area contributed by atoms with Crippen LogP contribution in [0.25, 0.3) is 0 Å². The van der Waals surface area contributed by atoms with Crippen molar-refractivity contribution < 1.29 is 20.1 Å². The Bertz CT molecular complexity index is 422. The molecule has 1 aliphatic rings. The van der Waals surface area contributed by atoms with Gasteiger partial charge >= 0.3 is 0 Å². The SMILES string of the molecule is CC(C)(CCO)CC1CCC(C(=O)NCC[C@H](O)CO)N1C#N. The summed E-state index contributed by atoms with van der Waals surface area (Å²) in [4.78, 5) is 13.8. The number of nitrogens with zero attached hydrogens (tertiary/aromatic N) is 2. The first kappa shape index (κ1) is 19.7. The van der Waals surface area contributed by atoms with E-state index in [4.69, 9.17) is 10.2 Å². The molecule has 1 fully saturated rings. The van der Waals surface area contributed by atoms with Crippen LogP contribution in [-0.2, 0) is 4.79 Å². The van der Waals surface area contributed by atoms with E-state index in [2.05, 4.69) is 25.4 Å². The van der Waals surface area contributed by atoms with Crippen molar-refractivity contribution in [3.8, 4) is 6.19 Å². The normalized spacial score (nSPS) is 22.7. The summed E-state index contributed by atoms with van der Waals surface area (Å²) in [5.74, 6) is -0.209. The minimum absolute atomic E-state index is 0.0142. The summed E-state index contributed by atoms with van der Waals surface area (Å²) in [6.07, 6.45) is 4.42. The molecule has 0 aromatic carbocycles. The highest BCUT2D eigenvalue weighted by Gasteiger charge is 2.39. The van der Waals surface area contributed by atoms with E-state index in [0.29, 0.717) is 12.8 Å². The summed E-state index contributed by atoms with van der Waals surface area (Å²) in [6.45, 7) is 4.18. The fourth-order valence-electron chi connectivity index (χ4n) is 3.11. The number of nitrogens with one attached hydrogen (secondary N) is 1. The number of carbonyl (C=O) groups excluding carboxylic acids is 1. The maximum atomic E-state index is 12.2. The van der Waals surface area contributed by atoms with Gasteiger partial charge in [-0.3, -0.25) is 9.69 Å². The van der Waals surface area contributed by atoms with E-state index in [1.807, 2.05) is 0 Å². The Morgan fingerprint density at radius 3 is 2.70 bits per heavy atom. The van der Waals surface area contributed by atoms with Crippen molar-refractivity contribution in [2.75, 3.05) is 19.8 Å². The number of likely N-dealkylation sites (tertiary alicyclic amines) is 1. The number of aliphatic hydroxyl groups is 3. The molecular weight excluding hydrogens is 298 g/mol. The highest BCUT2D eigenvalue weighted by molar-refractivity contribution is 5.82. The van der Waals surface area contributed by atoms with E-state index in [1.165, 1.54) is 0 Å². The van der Waals surface area contributed by atoms with Crippen LogP contribution in [-0.4, -0.2) is 64.1 Å². The van der Waals surface area contributed by atoms with Gasteiger partial charge in [0, 0.05) is 19.2 Å². The van der Waals surface area contributed by atoms with Gasteiger partial charge in [-0.1, -0.05) is 13.8 Å². The second-order valence-corrected chi connectivity index (χ2v) is 7.01. The molecule has 0 spiro atoms. The van der Waals surface area contributed by atoms with Crippen molar-refractivity contribution in [1.82, 2.24) is 10.2 Å². The van der Waals surface area contributed by atoms with E-state index in [-0.39, 0.29) is 43.5 Å². The van der Waals surface area contributed by atoms with Crippen molar-refractivity contribution in [2.45, 2.75) is 64.1 Å². The van der Waals surface area contributed by atoms with Crippen molar-refractivity contribution in [3.63, 3.8) is 0 Å². The molecule has 4 N–H and O–H groups in total. The standard InChI is InChI=1S/C16H29N3O4/c1-16(2,6-8-20)9-12-3-4-14(19(12)11-17)15(23)18-7-5-13(22)10-21/h12-14,20-22H,3-10H2,1-2H3,(H,18,23)/t12?,13-,14?/m0/s1. The minimum Gasteiger partial charge on any atom is -0.396 e. The molecule has 0 aliphatic carbocycles. The zero-order chi connectivity index (χ0) is 17.5. The lowest BCUT2D eigenvalue weighted by molar-refractivity contribution is -0.125. The second kappa shape index (κ2) is 9.06. The minimum atomic E-state index is -0.835. The first-order valence-electron chi connectivity index (χ1n) is 8.20. The van der Waals surface area contributed by atoms with Gasteiger partial charge in [0.05, 0.1) is 12.7 Å². The number of amides is 1. The molecule has 1 aliphatic heterocycles. The molecule has 7 heteroatoms. The number of nitriles is 1. The van der Waals surface area contributed by atoms with Crippen LogP contribution in [0.15, 0.2) is 0 Å². The van der Waals surface area contributed by atoms with Gasteiger partial charge in [-0.2, -0.15) is 5.26 Å². The number of hydrogen-bond acceptors (Lipinski definition) is 6. The van der Waals surface area contributed by atoms with Crippen molar-refractivity contribution >= 4 is 5.91 Å². The number of aliphatic hydroxyl groups excluding tert-OH is 3. The molecule has 23 heavy (non-hydrogen) atoms. The van der Waals surface area contributed by atoms with Crippen LogP contribution in [0.5, 0.6) is 0 Å². The molecule has 0 bridgehead atoms. The second-order valence-electron chi connectivity index (χ2n) is 7.01. The van der Waals surface area contributed by atoms with Gasteiger partial charge in [-0.05, 0) is 37.5 Å². The predicted octanol–water partition coefficient (Wildman–Crippen LogP) is -0.0413. The van der Waals surface area contributed by atoms with Crippen molar-refractivity contribution in [1.29, 1.82) is 5.26 Å². The molecule has 0 aromatic heterocycles.